The molecule has 26 heavy (non-hydrogen) atoms. The van der Waals surface area contributed by atoms with Gasteiger partial charge in [0, 0.05) is 12.1 Å². The summed E-state index contributed by atoms with van der Waals surface area (Å²) in [6.07, 6.45) is 3.92. The molecule has 0 radical (unpaired) electrons. The molecule has 0 spiro atoms. The van der Waals surface area contributed by atoms with E-state index in [1.165, 1.54) is 4.68 Å². The van der Waals surface area contributed by atoms with Crippen molar-refractivity contribution in [2.75, 3.05) is 18.5 Å². The van der Waals surface area contributed by atoms with Crippen molar-refractivity contribution >= 4 is 23.6 Å². The predicted molar refractivity (Wildman–Crippen MR) is 104 cm³/mol. The Morgan fingerprint density at radius 3 is 2.81 bits per heavy atom. The van der Waals surface area contributed by atoms with E-state index in [1.807, 2.05) is 32.9 Å². The fraction of sp³-hybridized carbons (Fsp3) is 0.421. The van der Waals surface area contributed by atoms with E-state index >= 15 is 0 Å². The van der Waals surface area contributed by atoms with Gasteiger partial charge in [0.15, 0.2) is 0 Å². The molecule has 2 rings (SSSR count). The van der Waals surface area contributed by atoms with E-state index in [0.29, 0.717) is 24.4 Å². The van der Waals surface area contributed by atoms with Crippen LogP contribution in [0.2, 0.25) is 5.02 Å². The van der Waals surface area contributed by atoms with Gasteiger partial charge in [-0.15, -0.1) is 0 Å². The molecule has 0 saturated heterocycles. The quantitative estimate of drug-likeness (QED) is 0.532. The molecule has 0 bridgehead atoms. The lowest BCUT2D eigenvalue weighted by Crippen LogP contribution is -2.26. The van der Waals surface area contributed by atoms with Gasteiger partial charge in [-0.1, -0.05) is 18.5 Å². The average Bonchev–Trinajstić information content (AvgIpc) is 2.64. The zero-order valence-corrected chi connectivity index (χ0v) is 16.0. The number of aromatic nitrogens is 2. The maximum Gasteiger partial charge on any atom is 0.287 e. The molecule has 6 nitrogen and oxygen atoms in total. The number of nitrogens with zero attached hydrogens (tertiary/aromatic N) is 2. The molecule has 7 heteroatoms. The van der Waals surface area contributed by atoms with Crippen LogP contribution in [0.4, 0.5) is 5.69 Å². The van der Waals surface area contributed by atoms with Crippen LogP contribution >= 0.6 is 11.6 Å². The number of hydrogen-bond acceptors (Lipinski definition) is 5. The van der Waals surface area contributed by atoms with Gasteiger partial charge < -0.3 is 10.1 Å². The van der Waals surface area contributed by atoms with Crippen molar-refractivity contribution in [3.05, 3.63) is 50.9 Å². The number of ether oxygens (including phenoxy) is 1. The number of nitrogens with one attached hydrogen (secondary N) is 1. The lowest BCUT2D eigenvalue weighted by molar-refractivity contribution is 0.112. The molecule has 2 aromatic rings. The summed E-state index contributed by atoms with van der Waals surface area (Å²) < 4.78 is 7.15. The Bertz CT molecular complexity index is 818. The van der Waals surface area contributed by atoms with E-state index in [0.717, 1.165) is 30.4 Å². The first kappa shape index (κ1) is 20.0. The minimum Gasteiger partial charge on any atom is -0.493 e. The van der Waals surface area contributed by atoms with Crippen molar-refractivity contribution < 1.29 is 9.53 Å². The fourth-order valence-electron chi connectivity index (χ4n) is 2.50. The van der Waals surface area contributed by atoms with Gasteiger partial charge in [0.2, 0.25) is 0 Å². The Kier molecular flexibility index (Phi) is 7.21. The zero-order chi connectivity index (χ0) is 19.1. The SMILES string of the molecule is CCc1cc(C=O)ccc1OCCCNc1cnn(C(C)C)c(=O)c1Cl. The molecule has 1 N–H and O–H groups in total. The van der Waals surface area contributed by atoms with Gasteiger partial charge >= 0.3 is 0 Å². The maximum absolute atomic E-state index is 12.1. The number of aldehydes is 1. The Balaban J connectivity index is 1.87. The van der Waals surface area contributed by atoms with Gasteiger partial charge in [-0.2, -0.15) is 5.10 Å². The first-order chi connectivity index (χ1) is 12.5. The van der Waals surface area contributed by atoms with Crippen molar-refractivity contribution in [2.24, 2.45) is 0 Å². The minimum atomic E-state index is -0.300. The molecule has 1 aromatic carbocycles. The highest BCUT2D eigenvalue weighted by molar-refractivity contribution is 6.32. The van der Waals surface area contributed by atoms with Crippen LogP contribution in [-0.4, -0.2) is 29.2 Å². The van der Waals surface area contributed by atoms with Crippen LogP contribution in [0.5, 0.6) is 5.75 Å². The van der Waals surface area contributed by atoms with Gasteiger partial charge in [-0.25, -0.2) is 4.68 Å². The van der Waals surface area contributed by atoms with Gasteiger partial charge in [0.1, 0.15) is 17.1 Å². The highest BCUT2D eigenvalue weighted by atomic mass is 35.5. The highest BCUT2D eigenvalue weighted by Gasteiger charge is 2.11. The van der Waals surface area contributed by atoms with Crippen molar-refractivity contribution in [3.8, 4) is 5.75 Å². The second-order valence-electron chi connectivity index (χ2n) is 6.18. The summed E-state index contributed by atoms with van der Waals surface area (Å²) in [6.45, 7) is 6.88. The van der Waals surface area contributed by atoms with Crippen molar-refractivity contribution in [1.29, 1.82) is 0 Å². The van der Waals surface area contributed by atoms with E-state index in [4.69, 9.17) is 16.3 Å². The topological polar surface area (TPSA) is 73.2 Å². The molecular weight excluding hydrogens is 354 g/mol. The molecule has 0 amide bonds. The average molecular weight is 378 g/mol. The van der Waals surface area contributed by atoms with Crippen LogP contribution in [0.15, 0.2) is 29.2 Å². The summed E-state index contributed by atoms with van der Waals surface area (Å²) >= 11 is 6.12. The summed E-state index contributed by atoms with van der Waals surface area (Å²) in [6, 6.07) is 5.37. The Labute approximate surface area is 158 Å². The number of carbonyl (C=O) groups is 1. The summed E-state index contributed by atoms with van der Waals surface area (Å²) in [7, 11) is 0. The van der Waals surface area contributed by atoms with Crippen LogP contribution in [0.25, 0.3) is 0 Å². The van der Waals surface area contributed by atoms with Crippen LogP contribution in [0, 0.1) is 0 Å². The van der Waals surface area contributed by atoms with Crippen LogP contribution < -0.4 is 15.6 Å². The van der Waals surface area contributed by atoms with Crippen molar-refractivity contribution in [3.63, 3.8) is 0 Å². The molecule has 140 valence electrons. The summed E-state index contributed by atoms with van der Waals surface area (Å²) in [5.41, 5.74) is 1.88. The normalized spacial score (nSPS) is 10.8. The van der Waals surface area contributed by atoms with Crippen LogP contribution in [0.1, 0.15) is 49.2 Å². The molecular formula is C19H24ClN3O3. The maximum atomic E-state index is 12.1. The molecule has 1 heterocycles. The lowest BCUT2D eigenvalue weighted by atomic mass is 10.1. The van der Waals surface area contributed by atoms with Crippen molar-refractivity contribution in [2.45, 2.75) is 39.7 Å². The summed E-state index contributed by atoms with van der Waals surface area (Å²) in [5, 5.41) is 7.39. The standard InChI is InChI=1S/C19H24ClN3O3/c1-4-15-10-14(12-24)6-7-17(15)26-9-5-8-21-16-11-22-23(13(2)3)19(25)18(16)20/h6-7,10-13,21H,4-5,8-9H2,1-3H3. The van der Waals surface area contributed by atoms with Gasteiger partial charge in [-0.3, -0.25) is 9.59 Å². The number of rotatable bonds is 9. The number of aryl methyl sites for hydroxylation is 1. The third kappa shape index (κ3) is 4.85. The molecule has 1 aromatic heterocycles. The number of anilines is 1. The first-order valence-electron chi connectivity index (χ1n) is 8.70. The predicted octanol–water partition coefficient (Wildman–Crippen LogP) is 3.73. The fourth-order valence-corrected chi connectivity index (χ4v) is 2.71. The molecule has 0 atom stereocenters. The van der Waals surface area contributed by atoms with Gasteiger partial charge in [0.25, 0.3) is 5.56 Å². The molecule has 0 fully saturated rings. The second kappa shape index (κ2) is 9.38. The molecule has 0 aliphatic carbocycles. The number of benzene rings is 1. The summed E-state index contributed by atoms with van der Waals surface area (Å²) in [5.74, 6) is 0.789. The minimum absolute atomic E-state index is 0.0409. The van der Waals surface area contributed by atoms with Crippen molar-refractivity contribution in [1.82, 2.24) is 9.78 Å². The molecule has 0 aliphatic heterocycles. The Morgan fingerprint density at radius 1 is 1.38 bits per heavy atom. The van der Waals surface area contributed by atoms with Gasteiger partial charge in [-0.05, 0) is 50.5 Å². The monoisotopic (exact) mass is 377 g/mol. The van der Waals surface area contributed by atoms with E-state index in [-0.39, 0.29) is 16.6 Å². The van der Waals surface area contributed by atoms with Crippen LogP contribution in [0.3, 0.4) is 0 Å². The van der Waals surface area contributed by atoms with E-state index in [2.05, 4.69) is 10.4 Å². The number of carbonyl (C=O) groups excluding carboxylic acids is 1. The molecule has 0 saturated carbocycles. The largest absolute Gasteiger partial charge is 0.493 e. The number of halogens is 1. The third-order valence-electron chi connectivity index (χ3n) is 3.93. The smallest absolute Gasteiger partial charge is 0.287 e. The Morgan fingerprint density at radius 2 is 2.15 bits per heavy atom. The summed E-state index contributed by atoms with van der Waals surface area (Å²) in [4.78, 5) is 22.9. The van der Waals surface area contributed by atoms with E-state index in [1.54, 1.807) is 12.3 Å². The lowest BCUT2D eigenvalue weighted by Gasteiger charge is -2.13. The zero-order valence-electron chi connectivity index (χ0n) is 15.3. The van der Waals surface area contributed by atoms with Gasteiger partial charge in [0.05, 0.1) is 24.5 Å². The third-order valence-corrected chi connectivity index (χ3v) is 4.29. The Hall–Kier alpha value is -2.34. The molecule has 0 aliphatic rings. The van der Waals surface area contributed by atoms with Crippen LogP contribution in [-0.2, 0) is 6.42 Å². The first-order valence-corrected chi connectivity index (χ1v) is 9.07. The van der Waals surface area contributed by atoms with E-state index in [9.17, 15) is 9.59 Å². The van der Waals surface area contributed by atoms with E-state index < -0.39 is 0 Å². The highest BCUT2D eigenvalue weighted by Crippen LogP contribution is 2.21. The number of hydrogen-bond donors (Lipinski definition) is 1. The second-order valence-corrected chi connectivity index (χ2v) is 6.56. The molecule has 0 unspecified atom stereocenters.